The first-order valence-corrected chi connectivity index (χ1v) is 4.40. The molecule has 1 nitrogen and oxygen atoms in total. The minimum Gasteiger partial charge on any atom is -0.294 e. The average Bonchev–Trinajstić information content (AvgIpc) is 2.13. The van der Waals surface area contributed by atoms with E-state index in [2.05, 4.69) is 17.5 Å². The lowest BCUT2D eigenvalue weighted by molar-refractivity contribution is 0.336. The highest BCUT2D eigenvalue weighted by Crippen LogP contribution is 2.09. The van der Waals surface area contributed by atoms with E-state index in [9.17, 15) is 0 Å². The summed E-state index contributed by atoms with van der Waals surface area (Å²) >= 11 is 4.24. The second-order valence-electron chi connectivity index (χ2n) is 2.67. The lowest BCUT2D eigenvalue weighted by atomic mass is 10.2. The number of nitrogens with zero attached hydrogens (tertiary/aromatic N) is 1. The maximum atomic E-state index is 4.24. The van der Waals surface area contributed by atoms with Crippen LogP contribution in [0.3, 0.4) is 0 Å². The average molecular weight is 145 g/mol. The summed E-state index contributed by atoms with van der Waals surface area (Å²) in [7, 11) is 0. The second kappa shape index (κ2) is 4.18. The number of hydrogen-bond acceptors (Lipinski definition) is 2. The Balaban J connectivity index is 2.18. The van der Waals surface area contributed by atoms with Gasteiger partial charge in [0.15, 0.2) is 0 Å². The van der Waals surface area contributed by atoms with Gasteiger partial charge < -0.3 is 0 Å². The van der Waals surface area contributed by atoms with Crippen molar-refractivity contribution in [2.75, 3.05) is 19.0 Å². The Hall–Kier alpha value is 0.310. The van der Waals surface area contributed by atoms with Gasteiger partial charge in [-0.25, -0.2) is 0 Å². The molecule has 0 aromatic rings. The van der Waals surface area contributed by atoms with Gasteiger partial charge >= 0.3 is 0 Å². The molecule has 1 heterocycles. The van der Waals surface area contributed by atoms with Crippen molar-refractivity contribution in [1.82, 2.24) is 4.90 Å². The largest absolute Gasteiger partial charge is 0.294 e. The van der Waals surface area contributed by atoms with Crippen molar-refractivity contribution in [3.05, 3.63) is 0 Å². The molecule has 9 heavy (non-hydrogen) atoms. The minimum atomic E-state index is 0.944. The first-order valence-electron chi connectivity index (χ1n) is 3.76. The van der Waals surface area contributed by atoms with Crippen molar-refractivity contribution >= 4 is 12.6 Å². The van der Waals surface area contributed by atoms with Gasteiger partial charge in [0, 0.05) is 5.88 Å². The molecule has 2 heteroatoms. The second-order valence-corrected chi connectivity index (χ2v) is 2.96. The predicted molar refractivity (Wildman–Crippen MR) is 43.9 cm³/mol. The molecular formula is C7H15NS. The third-order valence-corrected chi connectivity index (χ3v) is 2.30. The third-order valence-electron chi connectivity index (χ3n) is 1.90. The van der Waals surface area contributed by atoms with Crippen LogP contribution in [-0.4, -0.2) is 23.9 Å². The van der Waals surface area contributed by atoms with E-state index in [1.54, 1.807) is 0 Å². The lowest BCUT2D eigenvalue weighted by Gasteiger charge is -2.15. The molecular weight excluding hydrogens is 130 g/mol. The van der Waals surface area contributed by atoms with E-state index in [4.69, 9.17) is 0 Å². The zero-order valence-corrected chi connectivity index (χ0v) is 6.74. The molecule has 0 unspecified atom stereocenters. The summed E-state index contributed by atoms with van der Waals surface area (Å²) in [6.45, 7) is 2.53. The van der Waals surface area contributed by atoms with E-state index >= 15 is 0 Å². The highest BCUT2D eigenvalue weighted by Gasteiger charge is 2.05. The molecule has 0 radical (unpaired) electrons. The fourth-order valence-corrected chi connectivity index (χ4v) is 1.56. The fourth-order valence-electron chi connectivity index (χ4n) is 1.28. The van der Waals surface area contributed by atoms with Gasteiger partial charge in [-0.2, -0.15) is 12.6 Å². The van der Waals surface area contributed by atoms with Crippen LogP contribution in [-0.2, 0) is 0 Å². The zero-order valence-electron chi connectivity index (χ0n) is 5.84. The maximum Gasteiger partial charge on any atom is 0.0414 e. The van der Waals surface area contributed by atoms with Crippen molar-refractivity contribution in [2.24, 2.45) is 0 Å². The van der Waals surface area contributed by atoms with Gasteiger partial charge in [0.05, 0.1) is 0 Å². The number of rotatable bonds is 1. The van der Waals surface area contributed by atoms with Gasteiger partial charge in [-0.15, -0.1) is 0 Å². The number of hydrogen-bond donors (Lipinski definition) is 1. The van der Waals surface area contributed by atoms with Crippen molar-refractivity contribution in [2.45, 2.75) is 25.7 Å². The monoisotopic (exact) mass is 145 g/mol. The van der Waals surface area contributed by atoms with Crippen LogP contribution in [0.2, 0.25) is 0 Å². The highest BCUT2D eigenvalue weighted by molar-refractivity contribution is 7.80. The van der Waals surface area contributed by atoms with Gasteiger partial charge in [-0.3, -0.25) is 4.90 Å². The molecule has 0 amide bonds. The molecule has 1 fully saturated rings. The Morgan fingerprint density at radius 1 is 1.00 bits per heavy atom. The van der Waals surface area contributed by atoms with Crippen LogP contribution in [0.5, 0.6) is 0 Å². The van der Waals surface area contributed by atoms with Gasteiger partial charge in [-0.1, -0.05) is 12.8 Å². The van der Waals surface area contributed by atoms with Gasteiger partial charge in [0.2, 0.25) is 0 Å². The van der Waals surface area contributed by atoms with Crippen LogP contribution in [0.4, 0.5) is 0 Å². The Bertz CT molecular complexity index is 67.3. The Morgan fingerprint density at radius 2 is 1.56 bits per heavy atom. The maximum absolute atomic E-state index is 4.24. The summed E-state index contributed by atoms with van der Waals surface area (Å²) in [4.78, 5) is 2.41. The first kappa shape index (κ1) is 7.42. The summed E-state index contributed by atoms with van der Waals surface area (Å²) in [6.07, 6.45) is 5.59. The fraction of sp³-hybridized carbons (Fsp3) is 1.00. The summed E-state index contributed by atoms with van der Waals surface area (Å²) in [5.74, 6) is 0.944. The Kier molecular flexibility index (Phi) is 3.44. The summed E-state index contributed by atoms with van der Waals surface area (Å²) in [6, 6.07) is 0. The summed E-state index contributed by atoms with van der Waals surface area (Å²) < 4.78 is 0. The van der Waals surface area contributed by atoms with Gasteiger partial charge in [0.25, 0.3) is 0 Å². The number of likely N-dealkylation sites (tertiary alicyclic amines) is 1. The molecule has 0 bridgehead atoms. The van der Waals surface area contributed by atoms with E-state index in [0.717, 1.165) is 5.88 Å². The third kappa shape index (κ3) is 2.59. The number of thiol groups is 1. The van der Waals surface area contributed by atoms with Crippen molar-refractivity contribution in [3.8, 4) is 0 Å². The molecule has 0 saturated carbocycles. The quantitative estimate of drug-likeness (QED) is 0.550. The molecule has 1 saturated heterocycles. The van der Waals surface area contributed by atoms with E-state index in [1.807, 2.05) is 0 Å². The predicted octanol–water partition coefficient (Wildman–Crippen LogP) is 1.75. The van der Waals surface area contributed by atoms with E-state index in [0.29, 0.717) is 0 Å². The summed E-state index contributed by atoms with van der Waals surface area (Å²) in [5, 5.41) is 0. The van der Waals surface area contributed by atoms with Crippen LogP contribution in [0.25, 0.3) is 0 Å². The molecule has 0 aromatic carbocycles. The van der Waals surface area contributed by atoms with Crippen LogP contribution in [0.1, 0.15) is 25.7 Å². The van der Waals surface area contributed by atoms with Crippen LogP contribution in [0, 0.1) is 0 Å². The van der Waals surface area contributed by atoms with Crippen molar-refractivity contribution in [3.63, 3.8) is 0 Å². The van der Waals surface area contributed by atoms with Crippen LogP contribution < -0.4 is 0 Å². The Morgan fingerprint density at radius 3 is 2.00 bits per heavy atom. The van der Waals surface area contributed by atoms with E-state index < -0.39 is 0 Å². The minimum absolute atomic E-state index is 0.944. The van der Waals surface area contributed by atoms with Crippen molar-refractivity contribution < 1.29 is 0 Å². The van der Waals surface area contributed by atoms with E-state index in [-0.39, 0.29) is 0 Å². The molecule has 0 aliphatic carbocycles. The lowest BCUT2D eigenvalue weighted by Crippen LogP contribution is -2.22. The van der Waals surface area contributed by atoms with E-state index in [1.165, 1.54) is 38.8 Å². The van der Waals surface area contributed by atoms with Crippen LogP contribution >= 0.6 is 12.6 Å². The first-order chi connectivity index (χ1) is 4.43. The molecule has 0 atom stereocenters. The Labute approximate surface area is 62.8 Å². The molecule has 0 aromatic heterocycles. The van der Waals surface area contributed by atoms with Crippen molar-refractivity contribution in [1.29, 1.82) is 0 Å². The topological polar surface area (TPSA) is 3.24 Å². The molecule has 1 aliphatic heterocycles. The normalized spacial score (nSPS) is 23.7. The zero-order chi connectivity index (χ0) is 6.53. The molecule has 54 valence electrons. The SMILES string of the molecule is SCN1CCCCCC1. The standard InChI is InChI=1S/C7H15NS/c9-7-8-5-3-1-2-4-6-8/h9H,1-7H2. The van der Waals surface area contributed by atoms with Gasteiger partial charge in [0.1, 0.15) is 0 Å². The smallest absolute Gasteiger partial charge is 0.0414 e. The summed E-state index contributed by atoms with van der Waals surface area (Å²) in [5.41, 5.74) is 0. The highest BCUT2D eigenvalue weighted by atomic mass is 32.1. The molecule has 0 spiro atoms. The molecule has 1 rings (SSSR count). The van der Waals surface area contributed by atoms with Gasteiger partial charge in [-0.05, 0) is 25.9 Å². The molecule has 1 aliphatic rings. The molecule has 0 N–H and O–H groups in total. The van der Waals surface area contributed by atoms with Crippen LogP contribution in [0.15, 0.2) is 0 Å².